The Hall–Kier alpha value is -1.99. The van der Waals surface area contributed by atoms with Gasteiger partial charge in [0, 0.05) is 24.7 Å². The second-order valence-electron chi connectivity index (χ2n) is 8.18. The maximum atomic E-state index is 13.9. The summed E-state index contributed by atoms with van der Waals surface area (Å²) in [6, 6.07) is 5.32. The molecule has 0 atom stereocenters. The number of amides is 1. The summed E-state index contributed by atoms with van der Waals surface area (Å²) in [6.07, 6.45) is 8.89. The molecule has 2 heterocycles. The molecule has 0 radical (unpaired) electrons. The fourth-order valence-electron chi connectivity index (χ4n) is 4.49. The van der Waals surface area contributed by atoms with E-state index in [4.69, 9.17) is 4.52 Å². The Labute approximate surface area is 181 Å². The molecule has 2 aliphatic rings. The number of aromatic nitrogens is 1. The molecule has 1 amide bonds. The Morgan fingerprint density at radius 3 is 2.53 bits per heavy atom. The Morgan fingerprint density at radius 1 is 1.10 bits per heavy atom. The van der Waals surface area contributed by atoms with Crippen LogP contribution < -0.4 is 5.32 Å². The summed E-state index contributed by atoms with van der Waals surface area (Å²) in [6.45, 7) is 2.80. The van der Waals surface area contributed by atoms with Crippen molar-refractivity contribution in [1.82, 2.24) is 15.4 Å². The van der Waals surface area contributed by atoms with Gasteiger partial charge in [-0.1, -0.05) is 24.4 Å². The predicted octanol–water partition coefficient (Wildman–Crippen LogP) is 4.82. The van der Waals surface area contributed by atoms with E-state index in [-0.39, 0.29) is 35.3 Å². The van der Waals surface area contributed by atoms with Crippen LogP contribution in [-0.2, 0) is 0 Å². The van der Waals surface area contributed by atoms with Crippen molar-refractivity contribution in [3.8, 4) is 11.3 Å². The van der Waals surface area contributed by atoms with E-state index in [1.165, 1.54) is 44.2 Å². The lowest BCUT2D eigenvalue weighted by molar-refractivity contribution is 0.0892. The molecular weight excluding hydrogens is 412 g/mol. The first-order valence-corrected chi connectivity index (χ1v) is 10.5. The number of hydrogen-bond acceptors (Lipinski definition) is 4. The molecule has 2 fully saturated rings. The van der Waals surface area contributed by atoms with Crippen LogP contribution in [0.15, 0.2) is 28.8 Å². The molecule has 164 valence electrons. The Morgan fingerprint density at radius 2 is 1.83 bits per heavy atom. The summed E-state index contributed by atoms with van der Waals surface area (Å²) >= 11 is 0. The number of rotatable bonds is 5. The number of nitrogens with zero attached hydrogens (tertiary/aromatic N) is 2. The third-order valence-electron chi connectivity index (χ3n) is 6.23. The van der Waals surface area contributed by atoms with Crippen LogP contribution in [0.5, 0.6) is 0 Å². The first-order chi connectivity index (χ1) is 14.1. The first kappa shape index (κ1) is 22.7. The van der Waals surface area contributed by atoms with Gasteiger partial charge in [0.25, 0.3) is 5.91 Å². The van der Waals surface area contributed by atoms with Crippen molar-refractivity contribution in [2.45, 2.75) is 51.0 Å². The van der Waals surface area contributed by atoms with E-state index in [0.717, 1.165) is 44.1 Å². The SMILES string of the molecule is Cl.O=C(NCC1CCN(C2CCCCC2)CC1)c1cc(-c2ccc(F)cc2F)on1. The highest BCUT2D eigenvalue weighted by molar-refractivity contribution is 5.93. The normalized spacial score (nSPS) is 18.7. The maximum Gasteiger partial charge on any atom is 0.273 e. The molecule has 0 spiro atoms. The average molecular weight is 440 g/mol. The number of benzene rings is 1. The molecule has 1 aromatic carbocycles. The number of piperidine rings is 1. The minimum Gasteiger partial charge on any atom is -0.355 e. The van der Waals surface area contributed by atoms with Crippen molar-refractivity contribution >= 4 is 18.3 Å². The lowest BCUT2D eigenvalue weighted by Gasteiger charge is -2.39. The van der Waals surface area contributed by atoms with Gasteiger partial charge in [-0.3, -0.25) is 4.79 Å². The van der Waals surface area contributed by atoms with Crippen LogP contribution in [0.2, 0.25) is 0 Å². The number of halogens is 3. The van der Waals surface area contributed by atoms with E-state index in [9.17, 15) is 13.6 Å². The first-order valence-electron chi connectivity index (χ1n) is 10.5. The van der Waals surface area contributed by atoms with E-state index in [1.807, 2.05) is 0 Å². The molecule has 1 aliphatic heterocycles. The van der Waals surface area contributed by atoms with E-state index < -0.39 is 11.6 Å². The molecule has 1 N–H and O–H groups in total. The molecule has 1 saturated heterocycles. The van der Waals surface area contributed by atoms with Crippen LogP contribution in [0.4, 0.5) is 8.78 Å². The molecule has 0 unspecified atom stereocenters. The Kier molecular flexibility index (Phi) is 7.83. The van der Waals surface area contributed by atoms with Crippen molar-refractivity contribution < 1.29 is 18.1 Å². The standard InChI is InChI=1S/C22H27F2N3O2.ClH/c23-16-6-7-18(19(24)12-16)21-13-20(26-29-21)22(28)25-14-15-8-10-27(11-9-15)17-4-2-1-3-5-17;/h6-7,12-13,15,17H,1-5,8-11,14H2,(H,25,28);1H. The number of likely N-dealkylation sites (tertiary alicyclic amines) is 1. The molecule has 5 nitrogen and oxygen atoms in total. The largest absolute Gasteiger partial charge is 0.355 e. The minimum atomic E-state index is -0.752. The topological polar surface area (TPSA) is 58.4 Å². The Balaban J connectivity index is 0.00000256. The van der Waals surface area contributed by atoms with Crippen LogP contribution in [0, 0.1) is 17.6 Å². The summed E-state index contributed by atoms with van der Waals surface area (Å²) in [4.78, 5) is 15.0. The second kappa shape index (κ2) is 10.4. The average Bonchev–Trinajstić information content (AvgIpc) is 3.23. The summed E-state index contributed by atoms with van der Waals surface area (Å²) in [5.41, 5.74) is 0.177. The zero-order chi connectivity index (χ0) is 20.2. The number of carbonyl (C=O) groups is 1. The lowest BCUT2D eigenvalue weighted by atomic mass is 9.90. The molecular formula is C22H28ClF2N3O2. The Bertz CT molecular complexity index is 847. The van der Waals surface area contributed by atoms with Crippen molar-refractivity contribution in [3.05, 3.63) is 41.6 Å². The molecule has 1 aliphatic carbocycles. The van der Waals surface area contributed by atoms with Crippen LogP contribution >= 0.6 is 12.4 Å². The van der Waals surface area contributed by atoms with Crippen molar-refractivity contribution in [2.75, 3.05) is 19.6 Å². The van der Waals surface area contributed by atoms with Crippen LogP contribution in [-0.4, -0.2) is 41.6 Å². The molecule has 2 aromatic rings. The monoisotopic (exact) mass is 439 g/mol. The van der Waals surface area contributed by atoms with Gasteiger partial charge in [0.1, 0.15) is 11.6 Å². The van der Waals surface area contributed by atoms with E-state index in [2.05, 4.69) is 15.4 Å². The van der Waals surface area contributed by atoms with Crippen molar-refractivity contribution in [2.24, 2.45) is 5.92 Å². The summed E-state index contributed by atoms with van der Waals surface area (Å²) < 4.78 is 32.0. The lowest BCUT2D eigenvalue weighted by Crippen LogP contribution is -2.44. The van der Waals surface area contributed by atoms with Gasteiger partial charge in [-0.15, -0.1) is 12.4 Å². The van der Waals surface area contributed by atoms with Gasteiger partial charge in [-0.05, 0) is 56.8 Å². The van der Waals surface area contributed by atoms with Gasteiger partial charge >= 0.3 is 0 Å². The molecule has 8 heteroatoms. The van der Waals surface area contributed by atoms with Crippen molar-refractivity contribution in [3.63, 3.8) is 0 Å². The molecule has 30 heavy (non-hydrogen) atoms. The van der Waals surface area contributed by atoms with Gasteiger partial charge < -0.3 is 14.7 Å². The third-order valence-corrected chi connectivity index (χ3v) is 6.23. The molecule has 0 bridgehead atoms. The van der Waals surface area contributed by atoms with Gasteiger partial charge in [0.05, 0.1) is 5.56 Å². The van der Waals surface area contributed by atoms with Gasteiger partial charge in [-0.2, -0.15) is 0 Å². The molecule has 1 saturated carbocycles. The van der Waals surface area contributed by atoms with Crippen LogP contribution in [0.25, 0.3) is 11.3 Å². The van der Waals surface area contributed by atoms with Gasteiger partial charge in [0.2, 0.25) is 0 Å². The van der Waals surface area contributed by atoms with Crippen LogP contribution in [0.1, 0.15) is 55.4 Å². The summed E-state index contributed by atoms with van der Waals surface area (Å²) in [5, 5.41) is 6.66. The number of hydrogen-bond donors (Lipinski definition) is 1. The van der Waals surface area contributed by atoms with E-state index in [1.54, 1.807) is 0 Å². The third kappa shape index (κ3) is 5.38. The molecule has 4 rings (SSSR count). The van der Waals surface area contributed by atoms with Crippen molar-refractivity contribution in [1.29, 1.82) is 0 Å². The quantitative estimate of drug-likeness (QED) is 0.725. The highest BCUT2D eigenvalue weighted by atomic mass is 35.5. The summed E-state index contributed by atoms with van der Waals surface area (Å²) in [5.74, 6) is -1.19. The highest BCUT2D eigenvalue weighted by Gasteiger charge is 2.26. The zero-order valence-corrected chi connectivity index (χ0v) is 17.7. The smallest absolute Gasteiger partial charge is 0.273 e. The van der Waals surface area contributed by atoms with E-state index in [0.29, 0.717) is 12.5 Å². The summed E-state index contributed by atoms with van der Waals surface area (Å²) in [7, 11) is 0. The minimum absolute atomic E-state index is 0. The fraction of sp³-hybridized carbons (Fsp3) is 0.545. The maximum absolute atomic E-state index is 13.9. The predicted molar refractivity (Wildman–Crippen MR) is 113 cm³/mol. The van der Waals surface area contributed by atoms with Gasteiger partial charge in [0.15, 0.2) is 11.5 Å². The zero-order valence-electron chi connectivity index (χ0n) is 16.9. The number of nitrogens with one attached hydrogen (secondary N) is 1. The number of carbonyl (C=O) groups excluding carboxylic acids is 1. The fourth-order valence-corrected chi connectivity index (χ4v) is 4.49. The highest BCUT2D eigenvalue weighted by Crippen LogP contribution is 2.27. The van der Waals surface area contributed by atoms with Gasteiger partial charge in [-0.25, -0.2) is 8.78 Å². The second-order valence-corrected chi connectivity index (χ2v) is 8.18. The van der Waals surface area contributed by atoms with Crippen LogP contribution in [0.3, 0.4) is 0 Å². The molecule has 1 aromatic heterocycles. The van der Waals surface area contributed by atoms with E-state index >= 15 is 0 Å².